The minimum Gasteiger partial charge on any atom is -0.495 e. The monoisotopic (exact) mass is 691 g/mol. The van der Waals surface area contributed by atoms with Crippen molar-refractivity contribution < 1.29 is 19.0 Å². The third-order valence-corrected chi connectivity index (χ3v) is 11.4. The van der Waals surface area contributed by atoms with Crippen LogP contribution in [0.5, 0.6) is 11.5 Å². The molecule has 6 rings (SSSR count). The Morgan fingerprint density at radius 1 is 0.723 bits per heavy atom. The molecule has 0 unspecified atom stereocenters. The van der Waals surface area contributed by atoms with Gasteiger partial charge < -0.3 is 14.2 Å². The predicted octanol–water partition coefficient (Wildman–Crippen LogP) is 8.82. The molecular formula is C32H17N7O4S4. The summed E-state index contributed by atoms with van der Waals surface area (Å²) < 4.78 is 20.2. The molecule has 0 atom stereocenters. The lowest BCUT2D eigenvalue weighted by atomic mass is 10.2. The van der Waals surface area contributed by atoms with Gasteiger partial charge in [-0.25, -0.2) is 19.3 Å². The largest absolute Gasteiger partial charge is 0.495 e. The van der Waals surface area contributed by atoms with Crippen molar-refractivity contribution in [3.05, 3.63) is 60.2 Å². The Kier molecular flexibility index (Phi) is 8.81. The van der Waals surface area contributed by atoms with Crippen molar-refractivity contribution in [2.24, 2.45) is 9.98 Å². The highest BCUT2D eigenvalue weighted by molar-refractivity contribution is 7.33. The zero-order valence-corrected chi connectivity index (χ0v) is 27.6. The lowest BCUT2D eigenvalue weighted by Crippen LogP contribution is -2.12. The molecule has 0 fully saturated rings. The Bertz CT molecular complexity index is 2240. The van der Waals surface area contributed by atoms with Crippen molar-refractivity contribution in [3.8, 4) is 55.3 Å². The number of nitrogens with zero attached hydrogens (tertiary/aromatic N) is 7. The minimum absolute atomic E-state index is 0.0787. The van der Waals surface area contributed by atoms with Gasteiger partial charge in [0.25, 0.3) is 0 Å². The minimum atomic E-state index is -0.560. The molecule has 228 valence electrons. The predicted molar refractivity (Wildman–Crippen MR) is 184 cm³/mol. The van der Waals surface area contributed by atoms with Gasteiger partial charge in [0, 0.05) is 12.1 Å². The molecule has 0 saturated heterocycles. The zero-order valence-electron chi connectivity index (χ0n) is 24.3. The van der Waals surface area contributed by atoms with E-state index >= 15 is 0 Å². The molecule has 5 aromatic heterocycles. The molecule has 0 radical (unpaired) electrons. The van der Waals surface area contributed by atoms with Crippen LogP contribution in [0.4, 0.5) is 14.8 Å². The molecule has 0 bridgehead atoms. The normalized spacial score (nSPS) is 10.4. The molecule has 0 aliphatic rings. The number of carbonyl (C=O) groups is 1. The van der Waals surface area contributed by atoms with E-state index in [1.165, 1.54) is 59.6 Å². The SMILES string of the molecule is COc1cc(N=C(C#N)C#N)sc1-c1cc2c(s1)c1sc(-c3sc(N=C(C#N)C#N)cc3OC)cc1n2C(=O)OCc1ccccc1. The summed E-state index contributed by atoms with van der Waals surface area (Å²) >= 11 is 5.43. The van der Waals surface area contributed by atoms with Gasteiger partial charge in [-0.1, -0.05) is 30.3 Å². The van der Waals surface area contributed by atoms with E-state index < -0.39 is 6.09 Å². The number of aliphatic imine (C=N–C) groups is 2. The molecule has 0 aliphatic heterocycles. The number of hydrogen-bond acceptors (Lipinski definition) is 14. The number of thiophene rings is 4. The quantitative estimate of drug-likeness (QED) is 0.143. The van der Waals surface area contributed by atoms with Crippen LogP contribution < -0.4 is 9.47 Å². The van der Waals surface area contributed by atoms with Gasteiger partial charge in [0.15, 0.2) is 0 Å². The average molecular weight is 692 g/mol. The van der Waals surface area contributed by atoms with E-state index in [1.807, 2.05) is 42.5 Å². The second-order valence-corrected chi connectivity index (χ2v) is 13.5. The first-order chi connectivity index (χ1) is 22.9. The number of rotatable bonds is 8. The molecule has 11 nitrogen and oxygen atoms in total. The van der Waals surface area contributed by atoms with Crippen molar-refractivity contribution in [2.75, 3.05) is 14.2 Å². The van der Waals surface area contributed by atoms with Gasteiger partial charge >= 0.3 is 6.09 Å². The first-order valence-electron chi connectivity index (χ1n) is 13.3. The van der Waals surface area contributed by atoms with Crippen molar-refractivity contribution in [1.82, 2.24) is 4.57 Å². The lowest BCUT2D eigenvalue weighted by molar-refractivity contribution is 0.143. The number of carbonyl (C=O) groups excluding carboxylic acids is 1. The van der Waals surface area contributed by atoms with Gasteiger partial charge in [-0.2, -0.15) is 21.0 Å². The smallest absolute Gasteiger partial charge is 0.419 e. The van der Waals surface area contributed by atoms with Gasteiger partial charge in [0.05, 0.1) is 54.2 Å². The summed E-state index contributed by atoms with van der Waals surface area (Å²) in [4.78, 5) is 25.1. The number of benzene rings is 1. The maximum atomic E-state index is 13.8. The van der Waals surface area contributed by atoms with E-state index in [-0.39, 0.29) is 18.0 Å². The third-order valence-electron chi connectivity index (χ3n) is 6.63. The summed E-state index contributed by atoms with van der Waals surface area (Å²) in [6.07, 6.45) is -0.560. The first kappa shape index (κ1) is 31.2. The number of nitriles is 4. The topological polar surface area (TPSA) is 170 Å². The van der Waals surface area contributed by atoms with Gasteiger partial charge in [-0.3, -0.25) is 0 Å². The van der Waals surface area contributed by atoms with Crippen LogP contribution in [0, 0.1) is 45.3 Å². The van der Waals surface area contributed by atoms with Crippen LogP contribution in [0.15, 0.2) is 64.6 Å². The third kappa shape index (κ3) is 5.96. The molecule has 1 aromatic carbocycles. The molecule has 6 aromatic rings. The summed E-state index contributed by atoms with van der Waals surface area (Å²) in [5, 5.41) is 37.6. The summed E-state index contributed by atoms with van der Waals surface area (Å²) in [6, 6.07) is 23.5. The van der Waals surface area contributed by atoms with Crippen LogP contribution in [0.1, 0.15) is 5.56 Å². The molecule has 0 saturated carbocycles. The highest BCUT2D eigenvalue weighted by atomic mass is 32.1. The Labute approximate surface area is 282 Å². The van der Waals surface area contributed by atoms with Gasteiger partial charge in [-0.15, -0.1) is 45.3 Å². The number of ether oxygens (including phenoxy) is 3. The molecule has 0 N–H and O–H groups in total. The molecule has 47 heavy (non-hydrogen) atoms. The number of aromatic nitrogens is 1. The molecular weight excluding hydrogens is 675 g/mol. The van der Waals surface area contributed by atoms with E-state index in [1.54, 1.807) is 41.0 Å². The zero-order chi connectivity index (χ0) is 33.1. The Hall–Kier alpha value is -5.81. The van der Waals surface area contributed by atoms with Gasteiger partial charge in [-0.05, 0) is 17.7 Å². The van der Waals surface area contributed by atoms with Crippen molar-refractivity contribution in [1.29, 1.82) is 21.0 Å². The molecule has 0 amide bonds. The van der Waals surface area contributed by atoms with Crippen LogP contribution in [0.2, 0.25) is 0 Å². The van der Waals surface area contributed by atoms with Crippen molar-refractivity contribution in [2.45, 2.75) is 6.61 Å². The van der Waals surface area contributed by atoms with E-state index in [0.29, 0.717) is 32.5 Å². The number of hydrogen-bond donors (Lipinski definition) is 0. The first-order valence-corrected chi connectivity index (χ1v) is 16.6. The summed E-state index contributed by atoms with van der Waals surface area (Å²) in [6.45, 7) is 0.0787. The highest BCUT2D eigenvalue weighted by Crippen LogP contribution is 2.52. The Balaban J connectivity index is 1.50. The standard InChI is InChI=1S/C32H17N7O4S4/c1-41-22-10-26(37-18(12-33)13-34)46-30(22)24-8-20-28(44-24)29-21(39(20)32(40)43-16-17-6-4-3-5-7-17)9-25(45-29)31-23(42-2)11-27(47-31)38-19(14-35)15-36/h3-11H,16H2,1-2H3. The van der Waals surface area contributed by atoms with Crippen LogP contribution in [0.3, 0.4) is 0 Å². The Morgan fingerprint density at radius 3 is 1.62 bits per heavy atom. The summed E-state index contributed by atoms with van der Waals surface area (Å²) in [5.41, 5.74) is 1.58. The fourth-order valence-corrected chi connectivity index (χ4v) is 9.26. The number of methoxy groups -OCH3 is 2. The lowest BCUT2D eigenvalue weighted by Gasteiger charge is -2.07. The highest BCUT2D eigenvalue weighted by Gasteiger charge is 2.26. The Morgan fingerprint density at radius 2 is 1.19 bits per heavy atom. The van der Waals surface area contributed by atoms with Gasteiger partial charge in [0.1, 0.15) is 52.4 Å². The fraction of sp³-hybridized carbons (Fsp3) is 0.0938. The molecule has 0 spiro atoms. The van der Waals surface area contributed by atoms with Crippen molar-refractivity contribution >= 4 is 93.3 Å². The summed E-state index contributed by atoms with van der Waals surface area (Å²) in [5.74, 6) is 1.03. The van der Waals surface area contributed by atoms with E-state index in [0.717, 1.165) is 34.5 Å². The molecule has 5 heterocycles. The van der Waals surface area contributed by atoms with E-state index in [4.69, 9.17) is 14.2 Å². The second kappa shape index (κ2) is 13.3. The average Bonchev–Trinajstić information content (AvgIpc) is 3.92. The van der Waals surface area contributed by atoms with E-state index in [2.05, 4.69) is 9.98 Å². The maximum Gasteiger partial charge on any atom is 0.419 e. The van der Waals surface area contributed by atoms with Crippen LogP contribution >= 0.6 is 45.3 Å². The van der Waals surface area contributed by atoms with Gasteiger partial charge in [0.2, 0.25) is 11.4 Å². The number of fused-ring (bicyclic) bond motifs is 3. The second-order valence-electron chi connectivity index (χ2n) is 9.36. The maximum absolute atomic E-state index is 13.8. The molecule has 15 heteroatoms. The summed E-state index contributed by atoms with van der Waals surface area (Å²) in [7, 11) is 3.05. The van der Waals surface area contributed by atoms with Crippen LogP contribution in [-0.2, 0) is 11.3 Å². The van der Waals surface area contributed by atoms with Crippen LogP contribution in [0.25, 0.3) is 39.9 Å². The van der Waals surface area contributed by atoms with Crippen molar-refractivity contribution in [3.63, 3.8) is 0 Å². The van der Waals surface area contributed by atoms with Crippen LogP contribution in [-0.4, -0.2) is 36.3 Å². The fourth-order valence-electron chi connectivity index (χ4n) is 4.61. The molecule has 0 aliphatic carbocycles. The van der Waals surface area contributed by atoms with E-state index in [9.17, 15) is 25.8 Å².